The molecule has 64 heavy (non-hydrogen) atoms. The van der Waals surface area contributed by atoms with Crippen molar-refractivity contribution >= 4 is 44.6 Å². The van der Waals surface area contributed by atoms with Crippen molar-refractivity contribution in [3.63, 3.8) is 0 Å². The number of rotatable bonds is 10. The molecule has 346 valence electrons. The van der Waals surface area contributed by atoms with E-state index in [9.17, 15) is 22.8 Å². The second-order valence-corrected chi connectivity index (χ2v) is 21.0. The summed E-state index contributed by atoms with van der Waals surface area (Å²) < 4.78 is 67.0. The molecule has 4 aliphatic rings. The zero-order chi connectivity index (χ0) is 46.3. The van der Waals surface area contributed by atoms with Crippen molar-refractivity contribution in [1.29, 1.82) is 0 Å². The number of ether oxygens (including phenoxy) is 4. The fourth-order valence-corrected chi connectivity index (χ4v) is 10.0. The van der Waals surface area contributed by atoms with E-state index in [1.54, 1.807) is 26.8 Å². The van der Waals surface area contributed by atoms with Crippen LogP contribution in [0.4, 0.5) is 9.18 Å². The first kappa shape index (κ1) is 46.5. The molecule has 0 spiro atoms. The number of benzene rings is 2. The first-order valence-electron chi connectivity index (χ1n) is 22.1. The number of amides is 4. The average Bonchev–Trinajstić information content (AvgIpc) is 4.14. The number of halogens is 1. The summed E-state index contributed by atoms with van der Waals surface area (Å²) in [7, 11) is -2.60. The lowest BCUT2D eigenvalue weighted by molar-refractivity contribution is -0.142. The van der Waals surface area contributed by atoms with Crippen LogP contribution in [-0.4, -0.2) is 96.5 Å². The Morgan fingerprint density at radius 1 is 1.03 bits per heavy atom. The van der Waals surface area contributed by atoms with Crippen LogP contribution in [0.1, 0.15) is 93.4 Å². The van der Waals surface area contributed by atoms with Crippen molar-refractivity contribution in [3.8, 4) is 28.6 Å². The first-order chi connectivity index (χ1) is 30.2. The van der Waals surface area contributed by atoms with E-state index < -0.39 is 86.1 Å². The van der Waals surface area contributed by atoms with Crippen molar-refractivity contribution in [2.24, 2.45) is 17.8 Å². The zero-order valence-corrected chi connectivity index (χ0v) is 38.6. The minimum Gasteiger partial charge on any atom is -0.494 e. The molecule has 7 rings (SSSR count). The van der Waals surface area contributed by atoms with Gasteiger partial charge in [-0.1, -0.05) is 26.0 Å². The number of carbonyl (C=O) groups is 4. The van der Waals surface area contributed by atoms with E-state index in [1.165, 1.54) is 24.1 Å². The van der Waals surface area contributed by atoms with Crippen LogP contribution < -0.4 is 29.6 Å². The van der Waals surface area contributed by atoms with E-state index in [4.69, 9.17) is 23.9 Å². The number of alkyl carbamates (subject to hydrolysis) is 1. The summed E-state index contributed by atoms with van der Waals surface area (Å²) in [5.74, 6) is -2.86. The third-order valence-electron chi connectivity index (χ3n) is 12.2. The van der Waals surface area contributed by atoms with Gasteiger partial charge in [0.2, 0.25) is 27.7 Å². The third kappa shape index (κ3) is 10.6. The summed E-state index contributed by atoms with van der Waals surface area (Å²) in [6, 6.07) is 9.52. The summed E-state index contributed by atoms with van der Waals surface area (Å²) >= 11 is 0. The molecule has 3 fully saturated rings. The fourth-order valence-electron chi connectivity index (χ4n) is 8.68. The minimum atomic E-state index is -3.96. The smallest absolute Gasteiger partial charge is 0.408 e. The second kappa shape index (κ2) is 18.2. The van der Waals surface area contributed by atoms with E-state index in [0.29, 0.717) is 53.5 Å². The molecule has 15 nitrogen and oxygen atoms in total. The lowest BCUT2D eigenvalue weighted by Crippen LogP contribution is -2.59. The van der Waals surface area contributed by atoms with Crippen LogP contribution in [0.5, 0.6) is 17.4 Å². The highest BCUT2D eigenvalue weighted by atomic mass is 32.2. The van der Waals surface area contributed by atoms with Gasteiger partial charge in [-0.3, -0.25) is 19.1 Å². The lowest BCUT2D eigenvalue weighted by Gasteiger charge is -2.33. The Morgan fingerprint density at radius 3 is 2.41 bits per heavy atom. The molecule has 3 heterocycles. The van der Waals surface area contributed by atoms with Crippen LogP contribution in [0.3, 0.4) is 0 Å². The number of methoxy groups -OCH3 is 1. The van der Waals surface area contributed by atoms with Gasteiger partial charge in [-0.2, -0.15) is 0 Å². The molecule has 3 aromatic rings. The maximum absolute atomic E-state index is 15.4. The predicted octanol–water partition coefficient (Wildman–Crippen LogP) is 6.57. The van der Waals surface area contributed by atoms with Gasteiger partial charge in [-0.15, -0.1) is 0 Å². The summed E-state index contributed by atoms with van der Waals surface area (Å²) in [6.45, 7) is 12.8. The third-order valence-corrected chi connectivity index (χ3v) is 14.0. The van der Waals surface area contributed by atoms with Gasteiger partial charge in [0.25, 0.3) is 5.91 Å². The highest BCUT2D eigenvalue weighted by Crippen LogP contribution is 2.46. The van der Waals surface area contributed by atoms with Crippen LogP contribution >= 0.6 is 0 Å². The molecule has 1 saturated heterocycles. The molecule has 0 radical (unpaired) electrons. The number of allylic oxidation sites excluding steroid dienone is 1. The van der Waals surface area contributed by atoms with Gasteiger partial charge in [-0.25, -0.2) is 22.6 Å². The maximum atomic E-state index is 15.4. The first-order valence-corrected chi connectivity index (χ1v) is 23.7. The Kier molecular flexibility index (Phi) is 13.2. The van der Waals surface area contributed by atoms with Gasteiger partial charge < -0.3 is 34.5 Å². The molecule has 17 heteroatoms. The van der Waals surface area contributed by atoms with Crippen LogP contribution in [-0.2, 0) is 29.1 Å². The van der Waals surface area contributed by atoms with Crippen molar-refractivity contribution in [2.45, 2.75) is 134 Å². The zero-order valence-electron chi connectivity index (χ0n) is 37.7. The molecule has 1 aromatic heterocycles. The van der Waals surface area contributed by atoms with Crippen LogP contribution in [0, 0.1) is 23.6 Å². The number of nitrogens with zero attached hydrogens (tertiary/aromatic N) is 2. The van der Waals surface area contributed by atoms with Crippen molar-refractivity contribution in [3.05, 3.63) is 60.4 Å². The van der Waals surface area contributed by atoms with Crippen LogP contribution in [0.25, 0.3) is 22.0 Å². The number of carbonyl (C=O) groups excluding carboxylic acids is 4. The molecule has 2 saturated carbocycles. The maximum Gasteiger partial charge on any atom is 0.408 e. The Hall–Kier alpha value is -5.45. The van der Waals surface area contributed by atoms with E-state index >= 15 is 9.18 Å². The summed E-state index contributed by atoms with van der Waals surface area (Å²) in [4.78, 5) is 63.2. The van der Waals surface area contributed by atoms with Crippen LogP contribution in [0.2, 0.25) is 0 Å². The van der Waals surface area contributed by atoms with Gasteiger partial charge in [0.1, 0.15) is 35.1 Å². The number of hydrogen-bond acceptors (Lipinski definition) is 11. The normalized spacial score (nSPS) is 27.0. The van der Waals surface area contributed by atoms with Gasteiger partial charge in [0.15, 0.2) is 11.6 Å². The van der Waals surface area contributed by atoms with E-state index in [2.05, 4.69) is 22.3 Å². The topological polar surface area (TPSA) is 192 Å². The van der Waals surface area contributed by atoms with Gasteiger partial charge in [-0.05, 0) is 133 Å². The summed E-state index contributed by atoms with van der Waals surface area (Å²) in [6.07, 6.45) is 4.89. The Bertz CT molecular complexity index is 2420. The number of aromatic nitrogens is 1. The lowest BCUT2D eigenvalue weighted by atomic mass is 9.88. The van der Waals surface area contributed by atoms with Crippen molar-refractivity contribution in [1.82, 2.24) is 25.2 Å². The summed E-state index contributed by atoms with van der Waals surface area (Å²) in [5.41, 5.74) is -1.26. The molecular weight excluding hydrogens is 846 g/mol. The highest BCUT2D eigenvalue weighted by Gasteiger charge is 2.62. The molecule has 2 aliphatic heterocycles. The predicted molar refractivity (Wildman–Crippen MR) is 238 cm³/mol. The number of nitrogens with one attached hydrogen (secondary N) is 3. The molecule has 2 aliphatic carbocycles. The largest absolute Gasteiger partial charge is 0.494 e. The monoisotopic (exact) mass is 905 g/mol. The molecule has 0 bridgehead atoms. The van der Waals surface area contributed by atoms with E-state index in [-0.39, 0.29) is 43.0 Å². The average molecular weight is 906 g/mol. The SMILES string of the molecule is COc1cc2cc(-c3ccc(OC(C)C)cc3)nc(O[C@@H]3C[C@H]4C(=O)N[C@]5(C(=O)NS(=O)(=O)C6CC6)C[C@H]5/C=C\CC[C@@H](C)C[C@@H](C)C(NC(=O)OC(C)(C)C)C(=O)N4C3)c2cc1F. The molecule has 3 N–H and O–H groups in total. The van der Waals surface area contributed by atoms with E-state index in [0.717, 1.165) is 6.42 Å². The van der Waals surface area contributed by atoms with Crippen molar-refractivity contribution < 1.29 is 50.9 Å². The molecule has 2 aromatic carbocycles. The molecule has 4 amide bonds. The highest BCUT2D eigenvalue weighted by molar-refractivity contribution is 7.91. The molecule has 7 atom stereocenters. The number of fused-ring (bicyclic) bond motifs is 3. The molecule has 1 unspecified atom stereocenters. The second-order valence-electron chi connectivity index (χ2n) is 19.1. The van der Waals surface area contributed by atoms with Gasteiger partial charge >= 0.3 is 6.09 Å². The Labute approximate surface area is 374 Å². The number of hydrogen-bond donors (Lipinski definition) is 3. The summed E-state index contributed by atoms with van der Waals surface area (Å²) in [5, 5.41) is 5.87. The number of pyridine rings is 1. The quantitative estimate of drug-likeness (QED) is 0.187. The van der Waals surface area contributed by atoms with E-state index in [1.807, 2.05) is 57.2 Å². The number of sulfonamides is 1. The van der Waals surface area contributed by atoms with Gasteiger partial charge in [0, 0.05) is 23.3 Å². The van der Waals surface area contributed by atoms with Gasteiger partial charge in [0.05, 0.1) is 30.7 Å². The Morgan fingerprint density at radius 2 is 1.75 bits per heavy atom. The minimum absolute atomic E-state index is 0.00778. The van der Waals surface area contributed by atoms with Crippen molar-refractivity contribution in [2.75, 3.05) is 13.7 Å². The van der Waals surface area contributed by atoms with Crippen LogP contribution in [0.15, 0.2) is 54.6 Å². The molecular formula is C47H60FN5O10S. The standard InChI is InChI=1S/C47H60FN5O10S/c1-26(2)61-32-15-13-29(14-16-32)37-20-30-21-39(60-8)36(48)23-35(30)42(49-37)62-33-22-38-41(54)51-47(44(56)52-64(58,59)34-17-18-34)24-31(47)12-10-9-11-27(3)19-28(4)40(43(55)53(38)25-33)50-45(57)63-46(5,6)7/h10,12-16,20-21,23,26-28,31,33-34,38,40H,9,11,17-19,22,24-25H2,1-8H3,(H,50,57)(H,51,54)(H,52,56)/b12-10-/t27-,28-,31-,33-,38+,40?,47-/m1/s1. The fraction of sp³-hybridized carbons (Fsp3) is 0.553. The Balaban J connectivity index is 1.27.